The Labute approximate surface area is 128 Å². The predicted molar refractivity (Wildman–Crippen MR) is 87.7 cm³/mol. The zero-order valence-electron chi connectivity index (χ0n) is 12.2. The number of anilines is 1. The van der Waals surface area contributed by atoms with E-state index in [1.54, 1.807) is 11.9 Å². The third-order valence-corrected chi connectivity index (χ3v) is 4.04. The highest BCUT2D eigenvalue weighted by Crippen LogP contribution is 2.31. The molecule has 0 saturated carbocycles. The van der Waals surface area contributed by atoms with E-state index < -0.39 is 0 Å². The highest BCUT2D eigenvalue weighted by atomic mass is 16.2. The molecular weight excluding hydrogens is 274 g/mol. The molecule has 0 atom stereocenters. The van der Waals surface area contributed by atoms with E-state index >= 15 is 0 Å². The van der Waals surface area contributed by atoms with Gasteiger partial charge in [0.2, 0.25) is 0 Å². The van der Waals surface area contributed by atoms with Crippen LogP contribution in [0.25, 0.3) is 22.0 Å². The average molecular weight is 289 g/mol. The number of hydrogen-bond acceptors (Lipinski definition) is 2. The second-order valence-corrected chi connectivity index (χ2v) is 5.54. The number of carbonyl (C=O) groups is 1. The maximum Gasteiger partial charge on any atom is 0.321 e. The van der Waals surface area contributed by atoms with Crippen LogP contribution >= 0.6 is 0 Å². The Morgan fingerprint density at radius 3 is 2.91 bits per heavy atom. The van der Waals surface area contributed by atoms with Crippen molar-refractivity contribution in [3.63, 3.8) is 0 Å². The lowest BCUT2D eigenvalue weighted by Crippen LogP contribution is -2.35. The maximum absolute atomic E-state index is 11.7. The number of aromatic nitrogens is 1. The maximum atomic E-state index is 11.7. The molecule has 0 aliphatic carbocycles. The Balaban J connectivity index is 1.86. The minimum atomic E-state index is -0.0629. The van der Waals surface area contributed by atoms with Gasteiger partial charge in [-0.05, 0) is 29.3 Å². The Morgan fingerprint density at radius 1 is 1.14 bits per heavy atom. The predicted octanol–water partition coefficient (Wildman–Crippen LogP) is 3.88. The summed E-state index contributed by atoms with van der Waals surface area (Å²) >= 11 is 0. The van der Waals surface area contributed by atoms with Gasteiger partial charge in [0.15, 0.2) is 0 Å². The second kappa shape index (κ2) is 4.84. The van der Waals surface area contributed by atoms with Crippen LogP contribution in [0.1, 0.15) is 5.56 Å². The molecule has 1 aliphatic heterocycles. The first-order chi connectivity index (χ1) is 10.7. The zero-order valence-corrected chi connectivity index (χ0v) is 12.2. The number of nitrogens with one attached hydrogen (secondary N) is 1. The molecule has 4 nitrogen and oxygen atoms in total. The molecule has 0 saturated heterocycles. The third kappa shape index (κ3) is 2.00. The quantitative estimate of drug-likeness (QED) is 0.739. The lowest BCUT2D eigenvalue weighted by atomic mass is 9.98. The van der Waals surface area contributed by atoms with Gasteiger partial charge in [-0.1, -0.05) is 30.3 Å². The Kier molecular flexibility index (Phi) is 2.82. The Morgan fingerprint density at radius 2 is 2.00 bits per heavy atom. The first-order valence-electron chi connectivity index (χ1n) is 7.21. The fourth-order valence-corrected chi connectivity index (χ4v) is 2.89. The standard InChI is InChI=1S/C18H15N3O/c1-21-11-14-10-13(7-8-16(14)20-18(21)22)15-6-2-4-12-5-3-9-19-17(12)15/h2-10H,11H2,1H3,(H,20,22). The number of carbonyl (C=O) groups excluding carboxylic acids is 1. The molecule has 3 aromatic rings. The lowest BCUT2D eigenvalue weighted by Gasteiger charge is -2.26. The van der Waals surface area contributed by atoms with Gasteiger partial charge in [-0.25, -0.2) is 4.79 Å². The van der Waals surface area contributed by atoms with Gasteiger partial charge in [0.1, 0.15) is 0 Å². The van der Waals surface area contributed by atoms with Crippen LogP contribution in [-0.2, 0) is 6.54 Å². The normalized spacial score (nSPS) is 13.9. The van der Waals surface area contributed by atoms with Crippen molar-refractivity contribution < 1.29 is 4.79 Å². The molecule has 1 aromatic heterocycles. The molecule has 0 unspecified atom stereocenters. The van der Waals surface area contributed by atoms with Crippen LogP contribution < -0.4 is 5.32 Å². The second-order valence-electron chi connectivity index (χ2n) is 5.54. The van der Waals surface area contributed by atoms with E-state index in [0.717, 1.165) is 33.3 Å². The summed E-state index contributed by atoms with van der Waals surface area (Å²) in [5.41, 5.74) is 5.23. The summed E-state index contributed by atoms with van der Waals surface area (Å²) in [5.74, 6) is 0. The summed E-state index contributed by atoms with van der Waals surface area (Å²) in [6, 6.07) is 16.3. The van der Waals surface area contributed by atoms with Crippen molar-refractivity contribution in [2.45, 2.75) is 6.54 Å². The molecule has 4 heteroatoms. The number of benzene rings is 2. The molecule has 22 heavy (non-hydrogen) atoms. The van der Waals surface area contributed by atoms with Gasteiger partial charge < -0.3 is 10.2 Å². The van der Waals surface area contributed by atoms with E-state index in [2.05, 4.69) is 34.6 Å². The van der Waals surface area contributed by atoms with Crippen LogP contribution in [0.5, 0.6) is 0 Å². The van der Waals surface area contributed by atoms with Crippen molar-refractivity contribution in [3.05, 3.63) is 60.3 Å². The molecular formula is C18H15N3O. The minimum Gasteiger partial charge on any atom is -0.323 e. The first-order valence-corrected chi connectivity index (χ1v) is 7.21. The number of fused-ring (bicyclic) bond motifs is 2. The van der Waals surface area contributed by atoms with Crippen molar-refractivity contribution in [3.8, 4) is 11.1 Å². The van der Waals surface area contributed by atoms with Gasteiger partial charge in [-0.3, -0.25) is 4.98 Å². The van der Waals surface area contributed by atoms with Gasteiger partial charge in [-0.15, -0.1) is 0 Å². The fourth-order valence-electron chi connectivity index (χ4n) is 2.89. The first kappa shape index (κ1) is 12.8. The number of nitrogens with zero attached hydrogens (tertiary/aromatic N) is 2. The lowest BCUT2D eigenvalue weighted by molar-refractivity contribution is 0.218. The summed E-state index contributed by atoms with van der Waals surface area (Å²) < 4.78 is 0. The van der Waals surface area contributed by atoms with E-state index in [1.807, 2.05) is 30.5 Å². The van der Waals surface area contributed by atoms with Crippen molar-refractivity contribution in [2.75, 3.05) is 12.4 Å². The van der Waals surface area contributed by atoms with Gasteiger partial charge in [0.05, 0.1) is 5.52 Å². The fraction of sp³-hybridized carbons (Fsp3) is 0.111. The molecule has 1 aliphatic rings. The van der Waals surface area contributed by atoms with Crippen molar-refractivity contribution in [1.82, 2.24) is 9.88 Å². The zero-order chi connectivity index (χ0) is 15.1. The monoisotopic (exact) mass is 289 g/mol. The van der Waals surface area contributed by atoms with Gasteiger partial charge in [0, 0.05) is 36.4 Å². The average Bonchev–Trinajstić information content (AvgIpc) is 2.55. The number of amides is 2. The molecule has 0 spiro atoms. The van der Waals surface area contributed by atoms with Gasteiger partial charge >= 0.3 is 6.03 Å². The molecule has 2 heterocycles. The SMILES string of the molecule is CN1Cc2cc(-c3cccc4cccnc34)ccc2NC1=O. The van der Waals surface area contributed by atoms with Gasteiger partial charge in [0.25, 0.3) is 0 Å². The van der Waals surface area contributed by atoms with E-state index in [1.165, 1.54) is 0 Å². The third-order valence-electron chi connectivity index (χ3n) is 4.04. The van der Waals surface area contributed by atoms with Crippen molar-refractivity contribution in [1.29, 1.82) is 0 Å². The van der Waals surface area contributed by atoms with E-state index in [0.29, 0.717) is 6.54 Å². The van der Waals surface area contributed by atoms with E-state index in [9.17, 15) is 4.79 Å². The molecule has 108 valence electrons. The van der Waals surface area contributed by atoms with Gasteiger partial charge in [-0.2, -0.15) is 0 Å². The largest absolute Gasteiger partial charge is 0.323 e. The summed E-state index contributed by atoms with van der Waals surface area (Å²) in [7, 11) is 1.80. The summed E-state index contributed by atoms with van der Waals surface area (Å²) in [4.78, 5) is 17.9. The van der Waals surface area contributed by atoms with Crippen molar-refractivity contribution >= 4 is 22.6 Å². The highest BCUT2D eigenvalue weighted by molar-refractivity contribution is 5.96. The van der Waals surface area contributed by atoms with Crippen LogP contribution in [0, 0.1) is 0 Å². The Bertz CT molecular complexity index is 883. The summed E-state index contributed by atoms with van der Waals surface area (Å²) in [6.45, 7) is 0.618. The molecule has 1 N–H and O–H groups in total. The molecule has 0 fully saturated rings. The van der Waals surface area contributed by atoms with Crippen LogP contribution in [0.3, 0.4) is 0 Å². The molecule has 2 aromatic carbocycles. The molecule has 0 radical (unpaired) electrons. The van der Waals surface area contributed by atoms with E-state index in [-0.39, 0.29) is 6.03 Å². The van der Waals surface area contributed by atoms with Crippen molar-refractivity contribution in [2.24, 2.45) is 0 Å². The summed E-state index contributed by atoms with van der Waals surface area (Å²) in [6.07, 6.45) is 1.82. The van der Waals surface area contributed by atoms with Crippen LogP contribution in [-0.4, -0.2) is 23.0 Å². The number of urea groups is 1. The molecule has 0 bridgehead atoms. The van der Waals surface area contributed by atoms with Crippen LogP contribution in [0.2, 0.25) is 0 Å². The molecule has 2 amide bonds. The smallest absolute Gasteiger partial charge is 0.321 e. The van der Waals surface area contributed by atoms with Crippen LogP contribution in [0.4, 0.5) is 10.5 Å². The Hall–Kier alpha value is -2.88. The van der Waals surface area contributed by atoms with Crippen LogP contribution in [0.15, 0.2) is 54.7 Å². The number of rotatable bonds is 1. The number of hydrogen-bond donors (Lipinski definition) is 1. The summed E-state index contributed by atoms with van der Waals surface area (Å²) in [5, 5.41) is 4.02. The topological polar surface area (TPSA) is 45.2 Å². The highest BCUT2D eigenvalue weighted by Gasteiger charge is 2.19. The minimum absolute atomic E-state index is 0.0629. The number of pyridine rings is 1. The van der Waals surface area contributed by atoms with E-state index in [4.69, 9.17) is 0 Å². The molecule has 4 rings (SSSR count). The number of para-hydroxylation sites is 1.